The fourth-order valence-electron chi connectivity index (χ4n) is 2.98. The predicted molar refractivity (Wildman–Crippen MR) is 66.0 cm³/mol. The zero-order chi connectivity index (χ0) is 10.5. The molecule has 2 rings (SSSR count). The molecule has 2 fully saturated rings. The summed E-state index contributed by atoms with van der Waals surface area (Å²) in [6.07, 6.45) is 13.2. The third-order valence-electron chi connectivity index (χ3n) is 4.18. The third-order valence-corrected chi connectivity index (χ3v) is 4.18. The van der Waals surface area contributed by atoms with Crippen molar-refractivity contribution in [1.82, 2.24) is 5.32 Å². The Labute approximate surface area is 95.0 Å². The van der Waals surface area contributed by atoms with Gasteiger partial charge in [0, 0.05) is 6.04 Å². The Bertz CT molecular complexity index is 174. The molecule has 2 saturated carbocycles. The molecular formula is C14H27N. The summed E-state index contributed by atoms with van der Waals surface area (Å²) in [5, 5.41) is 3.70. The molecule has 0 bridgehead atoms. The minimum Gasteiger partial charge on any atom is -0.314 e. The van der Waals surface area contributed by atoms with Gasteiger partial charge in [-0.3, -0.25) is 0 Å². The van der Waals surface area contributed by atoms with Crippen LogP contribution in [0.1, 0.15) is 64.7 Å². The van der Waals surface area contributed by atoms with Crippen molar-refractivity contribution in [3.63, 3.8) is 0 Å². The maximum atomic E-state index is 3.70. The van der Waals surface area contributed by atoms with Gasteiger partial charge in [-0.2, -0.15) is 0 Å². The molecule has 0 aromatic carbocycles. The first-order chi connectivity index (χ1) is 7.38. The second-order valence-corrected chi connectivity index (χ2v) is 5.71. The van der Waals surface area contributed by atoms with E-state index in [4.69, 9.17) is 0 Å². The molecule has 1 nitrogen and oxygen atoms in total. The molecule has 88 valence electrons. The zero-order valence-electron chi connectivity index (χ0n) is 10.3. The molecule has 1 N–H and O–H groups in total. The largest absolute Gasteiger partial charge is 0.314 e. The Morgan fingerprint density at radius 2 is 1.67 bits per heavy atom. The molecule has 2 unspecified atom stereocenters. The molecule has 2 atom stereocenters. The molecule has 0 aromatic heterocycles. The van der Waals surface area contributed by atoms with Gasteiger partial charge in [-0.25, -0.2) is 0 Å². The molecule has 0 heterocycles. The van der Waals surface area contributed by atoms with Crippen LogP contribution in [-0.4, -0.2) is 12.6 Å². The molecule has 0 aromatic rings. The quantitative estimate of drug-likeness (QED) is 0.680. The second-order valence-electron chi connectivity index (χ2n) is 5.71. The van der Waals surface area contributed by atoms with Crippen LogP contribution in [0.3, 0.4) is 0 Å². The molecule has 0 saturated heterocycles. The van der Waals surface area contributed by atoms with Crippen LogP contribution in [0.5, 0.6) is 0 Å². The Hall–Kier alpha value is -0.0400. The lowest BCUT2D eigenvalue weighted by molar-refractivity contribution is 0.395. The molecule has 0 spiro atoms. The summed E-state index contributed by atoms with van der Waals surface area (Å²) < 4.78 is 0. The van der Waals surface area contributed by atoms with Crippen LogP contribution in [0, 0.1) is 11.8 Å². The average Bonchev–Trinajstić information content (AvgIpc) is 3.02. The Balaban J connectivity index is 1.64. The lowest BCUT2D eigenvalue weighted by Crippen LogP contribution is -2.24. The van der Waals surface area contributed by atoms with Gasteiger partial charge >= 0.3 is 0 Å². The van der Waals surface area contributed by atoms with Crippen molar-refractivity contribution in [1.29, 1.82) is 0 Å². The first kappa shape index (κ1) is 11.4. The van der Waals surface area contributed by atoms with Crippen molar-refractivity contribution in [3.05, 3.63) is 0 Å². The van der Waals surface area contributed by atoms with Gasteiger partial charge in [0.2, 0.25) is 0 Å². The fourth-order valence-corrected chi connectivity index (χ4v) is 2.98. The summed E-state index contributed by atoms with van der Waals surface area (Å²) in [7, 11) is 0. The van der Waals surface area contributed by atoms with Crippen molar-refractivity contribution in [2.75, 3.05) is 6.54 Å². The molecule has 0 aliphatic heterocycles. The summed E-state index contributed by atoms with van der Waals surface area (Å²) in [5.74, 6) is 2.05. The summed E-state index contributed by atoms with van der Waals surface area (Å²) in [5.41, 5.74) is 0. The summed E-state index contributed by atoms with van der Waals surface area (Å²) >= 11 is 0. The van der Waals surface area contributed by atoms with Gasteiger partial charge in [0.1, 0.15) is 0 Å². The molecule has 2 aliphatic rings. The van der Waals surface area contributed by atoms with Gasteiger partial charge in [-0.05, 0) is 44.1 Å². The van der Waals surface area contributed by atoms with Crippen LogP contribution >= 0.6 is 0 Å². The van der Waals surface area contributed by atoms with E-state index in [0.29, 0.717) is 0 Å². The summed E-state index contributed by atoms with van der Waals surface area (Å²) in [6, 6.07) is 0.902. The van der Waals surface area contributed by atoms with E-state index < -0.39 is 0 Å². The van der Waals surface area contributed by atoms with Gasteiger partial charge in [-0.15, -0.1) is 0 Å². The average molecular weight is 209 g/mol. The first-order valence-corrected chi connectivity index (χ1v) is 7.12. The van der Waals surface area contributed by atoms with Crippen LogP contribution in [0.2, 0.25) is 0 Å². The maximum absolute atomic E-state index is 3.70. The van der Waals surface area contributed by atoms with Crippen LogP contribution in [-0.2, 0) is 0 Å². The zero-order valence-corrected chi connectivity index (χ0v) is 10.3. The Morgan fingerprint density at radius 3 is 2.40 bits per heavy atom. The minimum absolute atomic E-state index is 0.902. The van der Waals surface area contributed by atoms with Crippen LogP contribution < -0.4 is 5.32 Å². The molecular weight excluding hydrogens is 182 g/mol. The Morgan fingerprint density at radius 1 is 0.933 bits per heavy atom. The third kappa shape index (κ3) is 4.14. The normalized spacial score (nSPS) is 32.6. The van der Waals surface area contributed by atoms with Crippen LogP contribution in [0.4, 0.5) is 0 Å². The van der Waals surface area contributed by atoms with Gasteiger partial charge in [0.15, 0.2) is 0 Å². The van der Waals surface area contributed by atoms with Gasteiger partial charge in [-0.1, -0.05) is 39.0 Å². The van der Waals surface area contributed by atoms with Crippen LogP contribution in [0.15, 0.2) is 0 Å². The van der Waals surface area contributed by atoms with Crippen molar-refractivity contribution in [2.24, 2.45) is 11.8 Å². The highest BCUT2D eigenvalue weighted by atomic mass is 14.9. The van der Waals surface area contributed by atoms with E-state index in [9.17, 15) is 0 Å². The fraction of sp³-hybridized carbons (Fsp3) is 1.00. The molecule has 0 radical (unpaired) electrons. The standard InChI is InChI=1S/C14H27N/c1-2-4-12-5-3-6-13(8-7-12)11-15-14-9-10-14/h12-15H,2-11H2,1H3. The van der Waals surface area contributed by atoms with E-state index in [1.807, 2.05) is 0 Å². The SMILES string of the molecule is CCCC1CCCC(CNC2CC2)CC1. The van der Waals surface area contributed by atoms with E-state index in [2.05, 4.69) is 12.2 Å². The highest BCUT2D eigenvalue weighted by Gasteiger charge is 2.23. The highest BCUT2D eigenvalue weighted by molar-refractivity contribution is 4.82. The lowest BCUT2D eigenvalue weighted by atomic mass is 9.94. The van der Waals surface area contributed by atoms with Gasteiger partial charge < -0.3 is 5.32 Å². The maximum Gasteiger partial charge on any atom is 0.00683 e. The minimum atomic E-state index is 0.902. The first-order valence-electron chi connectivity index (χ1n) is 7.12. The van der Waals surface area contributed by atoms with Gasteiger partial charge in [0.25, 0.3) is 0 Å². The van der Waals surface area contributed by atoms with Crippen molar-refractivity contribution < 1.29 is 0 Å². The predicted octanol–water partition coefficient (Wildman–Crippen LogP) is 3.74. The van der Waals surface area contributed by atoms with E-state index in [0.717, 1.165) is 17.9 Å². The van der Waals surface area contributed by atoms with E-state index in [1.165, 1.54) is 64.3 Å². The van der Waals surface area contributed by atoms with Gasteiger partial charge in [0.05, 0.1) is 0 Å². The summed E-state index contributed by atoms with van der Waals surface area (Å²) in [4.78, 5) is 0. The highest BCUT2D eigenvalue weighted by Crippen LogP contribution is 2.30. The smallest absolute Gasteiger partial charge is 0.00683 e. The molecule has 15 heavy (non-hydrogen) atoms. The van der Waals surface area contributed by atoms with E-state index in [-0.39, 0.29) is 0 Å². The number of nitrogens with one attached hydrogen (secondary N) is 1. The van der Waals surface area contributed by atoms with Crippen LogP contribution in [0.25, 0.3) is 0 Å². The topological polar surface area (TPSA) is 12.0 Å². The molecule has 2 aliphatic carbocycles. The van der Waals surface area contributed by atoms with E-state index >= 15 is 0 Å². The van der Waals surface area contributed by atoms with Crippen molar-refractivity contribution in [3.8, 4) is 0 Å². The van der Waals surface area contributed by atoms with E-state index in [1.54, 1.807) is 0 Å². The monoisotopic (exact) mass is 209 g/mol. The summed E-state index contributed by atoms with van der Waals surface area (Å²) in [6.45, 7) is 3.64. The number of hydrogen-bond acceptors (Lipinski definition) is 1. The lowest BCUT2D eigenvalue weighted by Gasteiger charge is -2.15. The Kier molecular flexibility index (Phi) is 4.49. The number of rotatable bonds is 5. The van der Waals surface area contributed by atoms with Crippen molar-refractivity contribution >= 4 is 0 Å². The van der Waals surface area contributed by atoms with Crippen molar-refractivity contribution in [2.45, 2.75) is 70.8 Å². The molecule has 1 heteroatoms. The number of hydrogen-bond donors (Lipinski definition) is 1. The second kappa shape index (κ2) is 5.89. The molecule has 0 amide bonds.